The quantitative estimate of drug-likeness (QED) is 0.0211. The second-order valence-electron chi connectivity index (χ2n) is 14.7. The van der Waals surface area contributed by atoms with Gasteiger partial charge in [0.1, 0.15) is 12.4 Å². The number of phosphoric acid groups is 1. The van der Waals surface area contributed by atoms with Crippen molar-refractivity contribution in [2.45, 2.75) is 180 Å². The van der Waals surface area contributed by atoms with Crippen LogP contribution in [0.5, 0.6) is 0 Å². The van der Waals surface area contributed by atoms with Crippen LogP contribution >= 0.6 is 7.82 Å². The van der Waals surface area contributed by atoms with E-state index >= 15 is 0 Å². The van der Waals surface area contributed by atoms with Crippen LogP contribution in [0, 0.1) is 11.8 Å². The molecule has 1 saturated carbocycles. The van der Waals surface area contributed by atoms with E-state index in [4.69, 9.17) is 19.3 Å². The zero-order chi connectivity index (χ0) is 40.6. The zero-order valence-corrected chi connectivity index (χ0v) is 34.7. The third-order valence-corrected chi connectivity index (χ3v) is 10.2. The van der Waals surface area contributed by atoms with E-state index < -0.39 is 50.6 Å². The summed E-state index contributed by atoms with van der Waals surface area (Å²) in [6.45, 7) is 3.32. The van der Waals surface area contributed by atoms with Gasteiger partial charge >= 0.3 is 19.8 Å². The van der Waals surface area contributed by atoms with Crippen molar-refractivity contribution in [2.75, 3.05) is 13.2 Å². The van der Waals surface area contributed by atoms with Gasteiger partial charge in [0.05, 0.1) is 18.8 Å². The van der Waals surface area contributed by atoms with Crippen molar-refractivity contribution in [2.24, 2.45) is 11.8 Å². The number of phosphoric ester groups is 1. The van der Waals surface area contributed by atoms with Crippen LogP contribution in [-0.4, -0.2) is 69.2 Å². The molecule has 11 nitrogen and oxygen atoms in total. The molecular formula is C43H73O11P. The Labute approximate surface area is 331 Å². The topological polar surface area (TPSA) is 177 Å². The molecule has 5 atom stereocenters. The minimum absolute atomic E-state index is 0.0179. The summed E-state index contributed by atoms with van der Waals surface area (Å²) < 4.78 is 26.3. The van der Waals surface area contributed by atoms with Crippen LogP contribution in [0.15, 0.2) is 48.6 Å². The Kier molecular flexibility index (Phi) is 30.1. The van der Waals surface area contributed by atoms with Gasteiger partial charge in [-0.05, 0) is 64.2 Å². The van der Waals surface area contributed by atoms with E-state index in [9.17, 15) is 29.2 Å². The molecule has 0 aliphatic heterocycles. The first-order valence-corrected chi connectivity index (χ1v) is 22.6. The van der Waals surface area contributed by atoms with Crippen molar-refractivity contribution in [3.05, 3.63) is 48.6 Å². The monoisotopic (exact) mass is 796 g/mol. The van der Waals surface area contributed by atoms with Crippen molar-refractivity contribution < 1.29 is 52.9 Å². The Balaban J connectivity index is 2.30. The standard InChI is InChI=1S/C43H73O11P/c1-3-5-7-8-9-10-11-12-13-14-15-16-17-18-19-20-25-29-42(47)52-34-37(35-53-55(49,50)51)54-43(48)30-26-22-21-24-28-38-39(41(46)33-40(38)45)32-31-36(44)27-23-6-4-2/h9-10,12-13,21,24,31-32,36-40,44-45H,3-8,11,14-20,22-23,25-30,33-35H2,1-2H3,(H2,49,50,51)/b10-9-,13-12-,24-21-,32-31+/t36-,37+,38+,39+,40-/m0/s1. The number of hydrogen-bond donors (Lipinski definition) is 4. The lowest BCUT2D eigenvalue weighted by Gasteiger charge is -2.18. The maximum absolute atomic E-state index is 12.5. The summed E-state index contributed by atoms with van der Waals surface area (Å²) in [7, 11) is -4.83. The van der Waals surface area contributed by atoms with Gasteiger partial charge in [0, 0.05) is 31.1 Å². The average Bonchev–Trinajstić information content (AvgIpc) is 3.41. The molecule has 0 heterocycles. The zero-order valence-electron chi connectivity index (χ0n) is 33.8. The molecule has 1 aliphatic rings. The second-order valence-corrected chi connectivity index (χ2v) is 16.0. The van der Waals surface area contributed by atoms with Crippen LogP contribution in [0.4, 0.5) is 0 Å². The van der Waals surface area contributed by atoms with Crippen molar-refractivity contribution >= 4 is 25.5 Å². The summed E-state index contributed by atoms with van der Waals surface area (Å²) in [6, 6.07) is 0. The van der Waals surface area contributed by atoms with Crippen LogP contribution in [-0.2, 0) is 32.9 Å². The largest absolute Gasteiger partial charge is 0.469 e. The third-order valence-electron chi connectivity index (χ3n) is 9.70. The van der Waals surface area contributed by atoms with Gasteiger partial charge in [-0.25, -0.2) is 4.57 Å². The summed E-state index contributed by atoms with van der Waals surface area (Å²) in [5, 5.41) is 20.6. The molecule has 12 heteroatoms. The number of Topliss-reactive ketones (excluding diaryl/α,β-unsaturated/α-hetero) is 1. The Hall–Kier alpha value is -2.40. The molecule has 1 rings (SSSR count). The highest BCUT2D eigenvalue weighted by molar-refractivity contribution is 7.46. The molecule has 0 radical (unpaired) electrons. The number of carbonyl (C=O) groups excluding carboxylic acids is 3. The highest BCUT2D eigenvalue weighted by atomic mass is 31.2. The van der Waals surface area contributed by atoms with Crippen LogP contribution in [0.3, 0.4) is 0 Å². The van der Waals surface area contributed by atoms with Gasteiger partial charge in [0.15, 0.2) is 6.10 Å². The number of allylic oxidation sites excluding steroid dienone is 7. The maximum Gasteiger partial charge on any atom is 0.469 e. The number of hydrogen-bond acceptors (Lipinski definition) is 9. The number of aliphatic hydroxyl groups excluding tert-OH is 2. The molecule has 0 aromatic heterocycles. The molecule has 0 amide bonds. The molecule has 0 saturated heterocycles. The second kappa shape index (κ2) is 32.7. The molecule has 1 fully saturated rings. The molecule has 0 spiro atoms. The Bertz CT molecular complexity index is 1190. The van der Waals surface area contributed by atoms with E-state index in [2.05, 4.69) is 42.7 Å². The number of rotatable bonds is 34. The van der Waals surface area contributed by atoms with Gasteiger partial charge in [0.2, 0.25) is 0 Å². The Morgan fingerprint density at radius 2 is 1.35 bits per heavy atom. The number of esters is 2. The van der Waals surface area contributed by atoms with Gasteiger partial charge in [-0.15, -0.1) is 0 Å². The van der Waals surface area contributed by atoms with Crippen molar-refractivity contribution in [3.63, 3.8) is 0 Å². The van der Waals surface area contributed by atoms with E-state index in [0.29, 0.717) is 32.1 Å². The minimum atomic E-state index is -4.83. The summed E-state index contributed by atoms with van der Waals surface area (Å²) in [5.41, 5.74) is 0. The fourth-order valence-corrected chi connectivity index (χ4v) is 6.80. The van der Waals surface area contributed by atoms with Gasteiger partial charge in [-0.2, -0.15) is 0 Å². The molecule has 0 bridgehead atoms. The number of aliphatic hydroxyl groups is 2. The predicted molar refractivity (Wildman–Crippen MR) is 217 cm³/mol. The van der Waals surface area contributed by atoms with Crippen molar-refractivity contribution in [1.29, 1.82) is 0 Å². The van der Waals surface area contributed by atoms with E-state index in [1.54, 1.807) is 12.2 Å². The molecule has 55 heavy (non-hydrogen) atoms. The van der Waals surface area contributed by atoms with Crippen molar-refractivity contribution in [3.8, 4) is 0 Å². The van der Waals surface area contributed by atoms with Gasteiger partial charge in [-0.3, -0.25) is 18.9 Å². The number of ether oxygens (including phenoxy) is 2. The summed E-state index contributed by atoms with van der Waals surface area (Å²) in [6.07, 6.45) is 33.4. The molecule has 0 aromatic carbocycles. The minimum Gasteiger partial charge on any atom is -0.462 e. The molecule has 1 aliphatic carbocycles. The van der Waals surface area contributed by atoms with Gasteiger partial charge in [-0.1, -0.05) is 127 Å². The number of unbranched alkanes of at least 4 members (excludes halogenated alkanes) is 13. The lowest BCUT2D eigenvalue weighted by molar-refractivity contribution is -0.161. The molecule has 316 valence electrons. The molecule has 0 unspecified atom stereocenters. The first-order chi connectivity index (χ1) is 26.5. The van der Waals surface area contributed by atoms with Crippen LogP contribution < -0.4 is 0 Å². The Morgan fingerprint density at radius 1 is 0.764 bits per heavy atom. The fraction of sp³-hybridized carbons (Fsp3) is 0.744. The van der Waals surface area contributed by atoms with E-state index in [-0.39, 0.29) is 37.6 Å². The number of ketones is 1. The van der Waals surface area contributed by atoms with Gasteiger partial charge in [0.25, 0.3) is 0 Å². The van der Waals surface area contributed by atoms with Crippen LogP contribution in [0.2, 0.25) is 0 Å². The highest BCUT2D eigenvalue weighted by Crippen LogP contribution is 2.36. The lowest BCUT2D eigenvalue weighted by Crippen LogP contribution is -2.29. The van der Waals surface area contributed by atoms with Crippen molar-refractivity contribution in [1.82, 2.24) is 0 Å². The Morgan fingerprint density at radius 3 is 2.02 bits per heavy atom. The summed E-state index contributed by atoms with van der Waals surface area (Å²) in [5.74, 6) is -1.87. The third kappa shape index (κ3) is 28.6. The smallest absolute Gasteiger partial charge is 0.462 e. The summed E-state index contributed by atoms with van der Waals surface area (Å²) >= 11 is 0. The summed E-state index contributed by atoms with van der Waals surface area (Å²) in [4.78, 5) is 55.5. The average molecular weight is 797 g/mol. The number of carbonyl (C=O) groups is 3. The highest BCUT2D eigenvalue weighted by Gasteiger charge is 2.39. The first kappa shape index (κ1) is 50.6. The van der Waals surface area contributed by atoms with E-state index in [1.165, 1.54) is 38.5 Å². The molecule has 4 N–H and O–H groups in total. The first-order valence-electron chi connectivity index (χ1n) is 21.0. The van der Waals surface area contributed by atoms with Gasteiger partial charge < -0.3 is 29.5 Å². The SMILES string of the molecule is CCCCC/C=C\C/C=C\CCCCCCCCCC(=O)OC[C@H](COP(=O)(O)O)OC(=O)CCC/C=C\C[C@H]1[C@@H](O)CC(=O)[C@@H]1/C=C/[C@@H](O)CCCCC. The van der Waals surface area contributed by atoms with Crippen LogP contribution in [0.1, 0.15) is 162 Å². The molecular weight excluding hydrogens is 723 g/mol. The predicted octanol–water partition coefficient (Wildman–Crippen LogP) is 9.32. The van der Waals surface area contributed by atoms with E-state index in [1.807, 2.05) is 12.2 Å². The van der Waals surface area contributed by atoms with E-state index in [0.717, 1.165) is 57.8 Å². The normalized spacial score (nSPS) is 19.0. The molecule has 0 aromatic rings. The fourth-order valence-electron chi connectivity index (χ4n) is 6.44. The maximum atomic E-state index is 12.5. The lowest BCUT2D eigenvalue weighted by atomic mass is 9.90. The van der Waals surface area contributed by atoms with Crippen LogP contribution in [0.25, 0.3) is 0 Å².